The Balaban J connectivity index is 1.86. The molecule has 146 valence electrons. The maximum atomic E-state index is 13.6. The molecule has 0 spiro atoms. The van der Waals surface area contributed by atoms with Crippen LogP contribution in [0.4, 0.5) is 0 Å². The van der Waals surface area contributed by atoms with E-state index in [1.807, 2.05) is 77.7 Å². The van der Waals surface area contributed by atoms with E-state index in [-0.39, 0.29) is 23.7 Å². The van der Waals surface area contributed by atoms with E-state index in [4.69, 9.17) is 0 Å². The number of nitrogens with zero attached hydrogens (tertiary/aromatic N) is 2. The molecule has 2 aromatic rings. The molecule has 2 atom stereocenters. The molecular formula is C24H28N2O2. The second-order valence-corrected chi connectivity index (χ2v) is 7.55. The van der Waals surface area contributed by atoms with Crippen LogP contribution in [0.5, 0.6) is 0 Å². The monoisotopic (exact) mass is 376 g/mol. The Bertz CT molecular complexity index is 774. The Morgan fingerprint density at radius 1 is 0.750 bits per heavy atom. The van der Waals surface area contributed by atoms with Crippen molar-refractivity contribution in [2.45, 2.75) is 25.9 Å². The van der Waals surface area contributed by atoms with Crippen LogP contribution in [-0.4, -0.2) is 35.7 Å². The first-order valence-corrected chi connectivity index (χ1v) is 9.79. The van der Waals surface area contributed by atoms with Crippen LogP contribution in [0.3, 0.4) is 0 Å². The Kier molecular flexibility index (Phi) is 6.64. The normalized spacial score (nSPS) is 18.5. The van der Waals surface area contributed by atoms with E-state index in [1.165, 1.54) is 0 Å². The minimum absolute atomic E-state index is 0.0297. The lowest BCUT2D eigenvalue weighted by Crippen LogP contribution is -2.44. The average Bonchev–Trinajstić information content (AvgIpc) is 2.73. The fourth-order valence-corrected chi connectivity index (χ4v) is 3.75. The summed E-state index contributed by atoms with van der Waals surface area (Å²) in [6.07, 6.45) is 5.29. The van der Waals surface area contributed by atoms with Crippen molar-refractivity contribution in [2.75, 3.05) is 14.1 Å². The van der Waals surface area contributed by atoms with Gasteiger partial charge in [-0.3, -0.25) is 9.59 Å². The molecule has 0 saturated heterocycles. The summed E-state index contributed by atoms with van der Waals surface area (Å²) < 4.78 is 0. The van der Waals surface area contributed by atoms with Crippen LogP contribution in [0.25, 0.3) is 0 Å². The summed E-state index contributed by atoms with van der Waals surface area (Å²) in [4.78, 5) is 29.7. The molecule has 2 amide bonds. The average molecular weight is 377 g/mol. The van der Waals surface area contributed by atoms with E-state index < -0.39 is 0 Å². The van der Waals surface area contributed by atoms with Crippen LogP contribution in [-0.2, 0) is 22.7 Å². The first-order valence-electron chi connectivity index (χ1n) is 9.79. The van der Waals surface area contributed by atoms with Crippen molar-refractivity contribution < 1.29 is 9.59 Å². The lowest BCUT2D eigenvalue weighted by molar-refractivity contribution is -0.146. The summed E-state index contributed by atoms with van der Waals surface area (Å²) in [7, 11) is 3.52. The van der Waals surface area contributed by atoms with E-state index in [2.05, 4.69) is 0 Å². The number of carbonyl (C=O) groups excluding carboxylic acids is 2. The van der Waals surface area contributed by atoms with Gasteiger partial charge < -0.3 is 9.80 Å². The number of carbonyl (C=O) groups is 2. The van der Waals surface area contributed by atoms with Crippen molar-refractivity contribution in [1.82, 2.24) is 9.80 Å². The maximum absolute atomic E-state index is 13.6. The standard InChI is InChI=1S/C24H28N2O2/c1-25(2)23(27)21-15-9-10-16-22(21)24(28)26(17-19-11-5-3-6-12-19)18-20-13-7-4-8-14-20/h3-14,21-22H,15-18H2,1-2H3. The van der Waals surface area contributed by atoms with Crippen molar-refractivity contribution in [2.24, 2.45) is 11.8 Å². The van der Waals surface area contributed by atoms with Gasteiger partial charge in [0.05, 0.1) is 11.8 Å². The number of allylic oxidation sites excluding steroid dienone is 2. The Labute approximate surface area is 167 Å². The van der Waals surface area contributed by atoms with Crippen LogP contribution in [0.1, 0.15) is 24.0 Å². The molecular weight excluding hydrogens is 348 g/mol. The number of benzene rings is 2. The number of hydrogen-bond donors (Lipinski definition) is 0. The molecule has 2 aromatic carbocycles. The molecule has 4 nitrogen and oxygen atoms in total. The van der Waals surface area contributed by atoms with Crippen LogP contribution < -0.4 is 0 Å². The molecule has 0 fully saturated rings. The largest absolute Gasteiger partial charge is 0.349 e. The van der Waals surface area contributed by atoms with Gasteiger partial charge in [-0.25, -0.2) is 0 Å². The zero-order valence-corrected chi connectivity index (χ0v) is 16.6. The van der Waals surface area contributed by atoms with Gasteiger partial charge in [-0.05, 0) is 24.0 Å². The third kappa shape index (κ3) is 4.89. The first kappa shape index (κ1) is 19.9. The zero-order valence-electron chi connectivity index (χ0n) is 16.6. The highest BCUT2D eigenvalue weighted by atomic mass is 16.2. The molecule has 0 saturated carbocycles. The van der Waals surface area contributed by atoms with E-state index >= 15 is 0 Å². The van der Waals surface area contributed by atoms with Gasteiger partial charge in [0.15, 0.2) is 0 Å². The summed E-state index contributed by atoms with van der Waals surface area (Å²) >= 11 is 0. The third-order valence-corrected chi connectivity index (χ3v) is 5.25. The fraction of sp³-hybridized carbons (Fsp3) is 0.333. The summed E-state index contributed by atoms with van der Waals surface area (Å²) in [5.74, 6) is -0.520. The van der Waals surface area contributed by atoms with Crippen molar-refractivity contribution in [3.8, 4) is 0 Å². The minimum atomic E-state index is -0.313. The molecule has 1 aliphatic carbocycles. The lowest BCUT2D eigenvalue weighted by Gasteiger charge is -2.33. The molecule has 28 heavy (non-hydrogen) atoms. The van der Waals surface area contributed by atoms with Crippen molar-refractivity contribution in [3.63, 3.8) is 0 Å². The Hall–Kier alpha value is -2.88. The number of rotatable bonds is 6. The molecule has 0 N–H and O–H groups in total. The Morgan fingerprint density at radius 2 is 1.18 bits per heavy atom. The molecule has 2 unspecified atom stereocenters. The molecule has 0 aromatic heterocycles. The summed E-state index contributed by atoms with van der Waals surface area (Å²) in [5, 5.41) is 0. The highest BCUT2D eigenvalue weighted by Gasteiger charge is 2.37. The minimum Gasteiger partial charge on any atom is -0.349 e. The predicted molar refractivity (Wildman–Crippen MR) is 111 cm³/mol. The van der Waals surface area contributed by atoms with Crippen LogP contribution in [0, 0.1) is 11.8 Å². The van der Waals surface area contributed by atoms with E-state index in [1.54, 1.807) is 19.0 Å². The molecule has 0 heterocycles. The molecule has 0 radical (unpaired) electrons. The van der Waals surface area contributed by atoms with Crippen molar-refractivity contribution >= 4 is 11.8 Å². The van der Waals surface area contributed by atoms with Gasteiger partial charge in [0.1, 0.15) is 0 Å². The first-order chi connectivity index (χ1) is 13.6. The predicted octanol–water partition coefficient (Wildman–Crippen LogP) is 3.89. The van der Waals surface area contributed by atoms with Crippen LogP contribution in [0.15, 0.2) is 72.8 Å². The highest BCUT2D eigenvalue weighted by Crippen LogP contribution is 2.30. The summed E-state index contributed by atoms with van der Waals surface area (Å²) in [6, 6.07) is 20.1. The van der Waals surface area contributed by atoms with Crippen molar-refractivity contribution in [1.29, 1.82) is 0 Å². The molecule has 4 heteroatoms. The highest BCUT2D eigenvalue weighted by molar-refractivity contribution is 5.88. The molecule has 1 aliphatic rings. The zero-order chi connectivity index (χ0) is 19.9. The summed E-state index contributed by atoms with van der Waals surface area (Å²) in [6.45, 7) is 1.08. The Morgan fingerprint density at radius 3 is 1.61 bits per heavy atom. The van der Waals surface area contributed by atoms with Gasteiger partial charge >= 0.3 is 0 Å². The fourth-order valence-electron chi connectivity index (χ4n) is 3.75. The second-order valence-electron chi connectivity index (χ2n) is 7.55. The van der Waals surface area contributed by atoms with Gasteiger partial charge in [-0.15, -0.1) is 0 Å². The van der Waals surface area contributed by atoms with Gasteiger partial charge in [0.2, 0.25) is 11.8 Å². The molecule has 0 aliphatic heterocycles. The lowest BCUT2D eigenvalue weighted by atomic mass is 9.81. The van der Waals surface area contributed by atoms with Gasteiger partial charge in [-0.2, -0.15) is 0 Å². The summed E-state index contributed by atoms with van der Waals surface area (Å²) in [5.41, 5.74) is 2.18. The maximum Gasteiger partial charge on any atom is 0.227 e. The molecule has 3 rings (SSSR count). The SMILES string of the molecule is CN(C)C(=O)C1CC=CCC1C(=O)N(Cc1ccccc1)Cc1ccccc1. The second kappa shape index (κ2) is 9.36. The van der Waals surface area contributed by atoms with Gasteiger partial charge in [0.25, 0.3) is 0 Å². The van der Waals surface area contributed by atoms with Crippen LogP contribution >= 0.6 is 0 Å². The number of amides is 2. The topological polar surface area (TPSA) is 40.6 Å². The number of hydrogen-bond acceptors (Lipinski definition) is 2. The van der Waals surface area contributed by atoms with E-state index in [9.17, 15) is 9.59 Å². The van der Waals surface area contributed by atoms with E-state index in [0.717, 1.165) is 11.1 Å². The van der Waals surface area contributed by atoms with Crippen LogP contribution in [0.2, 0.25) is 0 Å². The third-order valence-electron chi connectivity index (χ3n) is 5.25. The molecule has 0 bridgehead atoms. The quantitative estimate of drug-likeness (QED) is 0.718. The van der Waals surface area contributed by atoms with Gasteiger partial charge in [-0.1, -0.05) is 72.8 Å². The van der Waals surface area contributed by atoms with Gasteiger partial charge in [0, 0.05) is 27.2 Å². The van der Waals surface area contributed by atoms with Crippen molar-refractivity contribution in [3.05, 3.63) is 83.9 Å². The van der Waals surface area contributed by atoms with E-state index in [0.29, 0.717) is 25.9 Å². The smallest absolute Gasteiger partial charge is 0.227 e.